The Morgan fingerprint density at radius 3 is 2.75 bits per heavy atom. The first-order chi connectivity index (χ1) is 9.69. The standard InChI is InChI=1S/C14H14BrN5/c1-20(9-16)14-8-13(18-10-19-14)17-7-6-11-2-4-12(15)5-3-11/h2-5,8,10H,6-7H2,1H3,(H,17,18,19). The van der Waals surface area contributed by atoms with E-state index in [1.807, 2.05) is 18.3 Å². The summed E-state index contributed by atoms with van der Waals surface area (Å²) in [7, 11) is 1.66. The van der Waals surface area contributed by atoms with Crippen molar-refractivity contribution in [2.45, 2.75) is 6.42 Å². The van der Waals surface area contributed by atoms with Crippen LogP contribution in [0, 0.1) is 11.5 Å². The number of halogens is 1. The van der Waals surface area contributed by atoms with Gasteiger partial charge in [-0.25, -0.2) is 9.97 Å². The molecule has 6 heteroatoms. The summed E-state index contributed by atoms with van der Waals surface area (Å²) in [6, 6.07) is 9.98. The Labute approximate surface area is 126 Å². The average Bonchev–Trinajstić information content (AvgIpc) is 2.49. The van der Waals surface area contributed by atoms with Crippen molar-refractivity contribution in [1.82, 2.24) is 9.97 Å². The molecule has 2 aromatic rings. The van der Waals surface area contributed by atoms with Crippen LogP contribution in [-0.2, 0) is 6.42 Å². The zero-order chi connectivity index (χ0) is 14.4. The fraction of sp³-hybridized carbons (Fsp3) is 0.214. The number of rotatable bonds is 5. The fourth-order valence-electron chi connectivity index (χ4n) is 1.66. The van der Waals surface area contributed by atoms with Gasteiger partial charge in [0.15, 0.2) is 6.19 Å². The van der Waals surface area contributed by atoms with Crippen molar-refractivity contribution in [2.24, 2.45) is 0 Å². The van der Waals surface area contributed by atoms with Crippen molar-refractivity contribution in [3.8, 4) is 6.19 Å². The Morgan fingerprint density at radius 2 is 2.05 bits per heavy atom. The molecule has 0 amide bonds. The molecule has 0 saturated heterocycles. The SMILES string of the molecule is CN(C#N)c1cc(NCCc2ccc(Br)cc2)ncn1. The molecule has 0 saturated carbocycles. The Bertz CT molecular complexity index is 606. The fourth-order valence-corrected chi connectivity index (χ4v) is 1.93. The monoisotopic (exact) mass is 331 g/mol. The van der Waals surface area contributed by atoms with E-state index in [2.05, 4.69) is 43.3 Å². The molecule has 1 N–H and O–H groups in total. The number of hydrogen-bond donors (Lipinski definition) is 1. The summed E-state index contributed by atoms with van der Waals surface area (Å²) < 4.78 is 1.08. The molecule has 20 heavy (non-hydrogen) atoms. The molecular weight excluding hydrogens is 318 g/mol. The van der Waals surface area contributed by atoms with Crippen molar-refractivity contribution in [3.63, 3.8) is 0 Å². The summed E-state index contributed by atoms with van der Waals surface area (Å²) >= 11 is 3.42. The minimum Gasteiger partial charge on any atom is -0.370 e. The van der Waals surface area contributed by atoms with Gasteiger partial charge >= 0.3 is 0 Å². The van der Waals surface area contributed by atoms with E-state index in [4.69, 9.17) is 5.26 Å². The third-order valence-corrected chi connectivity index (χ3v) is 3.31. The highest BCUT2D eigenvalue weighted by atomic mass is 79.9. The lowest BCUT2D eigenvalue weighted by molar-refractivity contribution is 0.993. The maximum atomic E-state index is 8.82. The largest absolute Gasteiger partial charge is 0.370 e. The second-order valence-electron chi connectivity index (χ2n) is 4.22. The molecule has 0 radical (unpaired) electrons. The Hall–Kier alpha value is -2.13. The zero-order valence-electron chi connectivity index (χ0n) is 11.0. The van der Waals surface area contributed by atoms with Gasteiger partial charge in [-0.15, -0.1) is 0 Å². The maximum absolute atomic E-state index is 8.82. The van der Waals surface area contributed by atoms with Gasteiger partial charge in [0, 0.05) is 24.1 Å². The number of benzene rings is 1. The van der Waals surface area contributed by atoms with Gasteiger partial charge in [0.05, 0.1) is 0 Å². The van der Waals surface area contributed by atoms with Crippen molar-refractivity contribution < 1.29 is 0 Å². The summed E-state index contributed by atoms with van der Waals surface area (Å²) in [6.45, 7) is 0.772. The second-order valence-corrected chi connectivity index (χ2v) is 5.14. The molecule has 5 nitrogen and oxygen atoms in total. The second kappa shape index (κ2) is 6.87. The summed E-state index contributed by atoms with van der Waals surface area (Å²) in [4.78, 5) is 9.56. The smallest absolute Gasteiger partial charge is 0.185 e. The predicted molar refractivity (Wildman–Crippen MR) is 82.4 cm³/mol. The number of aromatic nitrogens is 2. The first kappa shape index (κ1) is 14.3. The number of nitrogens with zero attached hydrogens (tertiary/aromatic N) is 4. The van der Waals surface area contributed by atoms with Gasteiger partial charge < -0.3 is 5.32 Å². The summed E-state index contributed by atoms with van der Waals surface area (Å²) in [5.74, 6) is 1.29. The topological polar surface area (TPSA) is 64.8 Å². The maximum Gasteiger partial charge on any atom is 0.185 e. The number of nitriles is 1. The third-order valence-electron chi connectivity index (χ3n) is 2.78. The number of anilines is 2. The quantitative estimate of drug-likeness (QED) is 0.674. The van der Waals surface area contributed by atoms with Crippen LogP contribution in [0.15, 0.2) is 41.1 Å². The molecule has 0 fully saturated rings. The third kappa shape index (κ3) is 3.93. The predicted octanol–water partition coefficient (Wildman–Crippen LogP) is 2.81. The van der Waals surface area contributed by atoms with Crippen molar-refractivity contribution >= 4 is 27.6 Å². The molecule has 0 aliphatic rings. The molecule has 1 heterocycles. The van der Waals surface area contributed by atoms with Crippen LogP contribution >= 0.6 is 15.9 Å². The van der Waals surface area contributed by atoms with Gasteiger partial charge in [-0.05, 0) is 24.1 Å². The van der Waals surface area contributed by atoms with E-state index in [-0.39, 0.29) is 0 Å². The summed E-state index contributed by atoms with van der Waals surface area (Å²) in [5, 5.41) is 12.0. The van der Waals surface area contributed by atoms with E-state index in [1.165, 1.54) is 16.8 Å². The van der Waals surface area contributed by atoms with E-state index < -0.39 is 0 Å². The van der Waals surface area contributed by atoms with Gasteiger partial charge in [-0.1, -0.05) is 28.1 Å². The summed E-state index contributed by atoms with van der Waals surface area (Å²) in [6.07, 6.45) is 4.36. The lowest BCUT2D eigenvalue weighted by atomic mass is 10.1. The highest BCUT2D eigenvalue weighted by Gasteiger charge is 2.02. The molecule has 0 aliphatic carbocycles. The molecular formula is C14H14BrN5. The van der Waals surface area contributed by atoms with Crippen LogP contribution in [0.3, 0.4) is 0 Å². The molecule has 0 aliphatic heterocycles. The van der Waals surface area contributed by atoms with Gasteiger partial charge in [0.1, 0.15) is 18.0 Å². The first-order valence-electron chi connectivity index (χ1n) is 6.13. The van der Waals surface area contributed by atoms with Crippen LogP contribution in [0.2, 0.25) is 0 Å². The lowest BCUT2D eigenvalue weighted by Gasteiger charge is -2.10. The van der Waals surface area contributed by atoms with E-state index in [0.717, 1.165) is 17.4 Å². The van der Waals surface area contributed by atoms with Crippen molar-refractivity contribution in [3.05, 3.63) is 46.7 Å². The van der Waals surface area contributed by atoms with Crippen LogP contribution in [0.1, 0.15) is 5.56 Å². The summed E-state index contributed by atoms with van der Waals surface area (Å²) in [5.41, 5.74) is 1.25. The van der Waals surface area contributed by atoms with Crippen molar-refractivity contribution in [1.29, 1.82) is 5.26 Å². The van der Waals surface area contributed by atoms with Crippen LogP contribution in [-0.4, -0.2) is 23.6 Å². The highest BCUT2D eigenvalue weighted by molar-refractivity contribution is 9.10. The number of nitrogens with one attached hydrogen (secondary N) is 1. The molecule has 0 bridgehead atoms. The normalized spacial score (nSPS) is 9.85. The molecule has 1 aromatic carbocycles. The average molecular weight is 332 g/mol. The van der Waals surface area contributed by atoms with Crippen LogP contribution in [0.4, 0.5) is 11.6 Å². The molecule has 0 atom stereocenters. The van der Waals surface area contributed by atoms with Crippen LogP contribution < -0.4 is 10.2 Å². The van der Waals surface area contributed by atoms with Gasteiger partial charge in [-0.3, -0.25) is 4.90 Å². The molecule has 0 spiro atoms. The van der Waals surface area contributed by atoms with E-state index in [0.29, 0.717) is 11.6 Å². The van der Waals surface area contributed by atoms with Gasteiger partial charge in [0.2, 0.25) is 0 Å². The molecule has 1 aromatic heterocycles. The van der Waals surface area contributed by atoms with Gasteiger partial charge in [-0.2, -0.15) is 5.26 Å². The van der Waals surface area contributed by atoms with Gasteiger partial charge in [0.25, 0.3) is 0 Å². The van der Waals surface area contributed by atoms with E-state index in [9.17, 15) is 0 Å². The minimum atomic E-state index is 0.577. The van der Waals surface area contributed by atoms with E-state index in [1.54, 1.807) is 13.1 Å². The lowest BCUT2D eigenvalue weighted by Crippen LogP contribution is -2.12. The molecule has 102 valence electrons. The zero-order valence-corrected chi connectivity index (χ0v) is 12.6. The Morgan fingerprint density at radius 1 is 1.30 bits per heavy atom. The van der Waals surface area contributed by atoms with Crippen molar-refractivity contribution in [2.75, 3.05) is 23.8 Å². The minimum absolute atomic E-state index is 0.577. The Balaban J connectivity index is 1.91. The Kier molecular flexibility index (Phi) is 4.91. The molecule has 0 unspecified atom stereocenters. The molecule has 2 rings (SSSR count). The van der Waals surface area contributed by atoms with Crippen LogP contribution in [0.5, 0.6) is 0 Å². The van der Waals surface area contributed by atoms with Crippen LogP contribution in [0.25, 0.3) is 0 Å². The highest BCUT2D eigenvalue weighted by Crippen LogP contribution is 2.13. The number of hydrogen-bond acceptors (Lipinski definition) is 5. The van der Waals surface area contributed by atoms with E-state index >= 15 is 0 Å². The first-order valence-corrected chi connectivity index (χ1v) is 6.92.